The molecule has 0 unspecified atom stereocenters. The van der Waals surface area contributed by atoms with Crippen LogP contribution in [0.5, 0.6) is 0 Å². The van der Waals surface area contributed by atoms with Gasteiger partial charge in [0.15, 0.2) is 0 Å². The number of carbonyl (C=O) groups excluding carboxylic acids is 5. The minimum Gasteiger partial charge on any atom is -0.310 e. The van der Waals surface area contributed by atoms with Crippen LogP contribution in [0.2, 0.25) is 0 Å². The predicted octanol–water partition coefficient (Wildman–Crippen LogP) is 8.49. The van der Waals surface area contributed by atoms with Crippen LogP contribution in [0.4, 0.5) is 22.0 Å². The zero-order valence-electron chi connectivity index (χ0n) is 42.2. The maximum Gasteiger partial charge on any atom is 0.147 e. The van der Waals surface area contributed by atoms with E-state index in [1.807, 2.05) is 37.4 Å². The summed E-state index contributed by atoms with van der Waals surface area (Å²) in [6.45, 7) is 7.63. The van der Waals surface area contributed by atoms with Crippen LogP contribution < -0.4 is 26.6 Å². The van der Waals surface area contributed by atoms with E-state index >= 15 is 0 Å². The van der Waals surface area contributed by atoms with Crippen LogP contribution in [-0.2, 0) is 56.1 Å². The molecule has 5 rings (SSSR count). The molecule has 0 bridgehead atoms. The Morgan fingerprint density at radius 2 is 0.732 bits per heavy atom. The quantitative estimate of drug-likeness (QED) is 0.0482. The molecule has 0 heterocycles. The number of ketones is 5. The van der Waals surface area contributed by atoms with E-state index in [-0.39, 0.29) is 70.5 Å². The Kier molecular flexibility index (Phi) is 30.9. The lowest BCUT2D eigenvalue weighted by molar-refractivity contribution is -0.119. The van der Waals surface area contributed by atoms with Crippen molar-refractivity contribution in [3.63, 3.8) is 0 Å². The third-order valence-corrected chi connectivity index (χ3v) is 11.5. The van der Waals surface area contributed by atoms with E-state index in [0.717, 1.165) is 28.1 Å². The molecule has 0 aromatic heterocycles. The molecule has 0 spiro atoms. The number of benzene rings is 5. The minimum absolute atomic E-state index is 0.0238. The second kappa shape index (κ2) is 34.7. The number of hydrogen-bond acceptors (Lipinski definition) is 10. The molecular weight excluding hydrogens is 986 g/mol. The summed E-state index contributed by atoms with van der Waals surface area (Å²) in [5.41, 5.74) is 4.01. The SMILES string of the molecule is CN[C@@H](Cc1cc(F)cc(F)c1)C(C)=O.CN[C@@H](Cc1ccc(Br)cc1)C(C)=O.CN[C@@H](Cc1ccc(F)cc1)C(C)=O.CN[C@@H](Cc1cccc(F)c1)C(C)=O.CN[C@@H](Cc1ccccc1F)C(C)=O. The van der Waals surface area contributed by atoms with E-state index in [2.05, 4.69) is 42.5 Å². The molecule has 5 aromatic rings. The fourth-order valence-electron chi connectivity index (χ4n) is 6.71. The van der Waals surface area contributed by atoms with E-state index in [9.17, 15) is 45.9 Å². The first-order chi connectivity index (χ1) is 33.6. The fraction of sp³-hybridized carbons (Fsp3) is 0.364. The smallest absolute Gasteiger partial charge is 0.147 e. The molecule has 5 N–H and O–H groups in total. The highest BCUT2D eigenvalue weighted by molar-refractivity contribution is 9.10. The van der Waals surface area contributed by atoms with Crippen molar-refractivity contribution in [3.8, 4) is 0 Å². The molecular formula is C55H69BrF5N5O5. The van der Waals surface area contributed by atoms with E-state index in [1.54, 1.807) is 78.4 Å². The molecule has 0 aliphatic heterocycles. The summed E-state index contributed by atoms with van der Waals surface area (Å²) in [7, 11) is 8.63. The minimum atomic E-state index is -0.622. The largest absolute Gasteiger partial charge is 0.310 e. The molecule has 16 heteroatoms. The zero-order valence-corrected chi connectivity index (χ0v) is 43.8. The van der Waals surface area contributed by atoms with Gasteiger partial charge in [-0.25, -0.2) is 22.0 Å². The average Bonchev–Trinajstić information content (AvgIpc) is 3.32. The molecule has 0 aliphatic rings. The Bertz CT molecular complexity index is 2320. The van der Waals surface area contributed by atoms with Crippen molar-refractivity contribution in [2.75, 3.05) is 35.2 Å². The molecule has 0 amide bonds. The number of rotatable bonds is 20. The Hall–Kier alpha value is -5.62. The molecule has 0 fully saturated rings. The first kappa shape index (κ1) is 63.4. The Morgan fingerprint density at radius 3 is 1.11 bits per heavy atom. The molecule has 0 saturated heterocycles. The van der Waals surface area contributed by atoms with Crippen LogP contribution in [-0.4, -0.2) is 94.4 Å². The fourth-order valence-corrected chi connectivity index (χ4v) is 6.97. The van der Waals surface area contributed by atoms with Gasteiger partial charge in [0, 0.05) is 10.5 Å². The van der Waals surface area contributed by atoms with Gasteiger partial charge >= 0.3 is 0 Å². The molecule has 386 valence electrons. The molecule has 0 radical (unpaired) electrons. The van der Waals surface area contributed by atoms with E-state index in [1.165, 1.54) is 68.8 Å². The summed E-state index contributed by atoms with van der Waals surface area (Å²) in [5.74, 6) is -1.71. The van der Waals surface area contributed by atoms with Crippen molar-refractivity contribution < 1.29 is 45.9 Å². The Balaban J connectivity index is 0.000000444. The Labute approximate surface area is 424 Å². The van der Waals surface area contributed by atoms with E-state index in [0.29, 0.717) is 36.8 Å². The normalized spacial score (nSPS) is 12.5. The van der Waals surface area contributed by atoms with Crippen LogP contribution >= 0.6 is 15.9 Å². The first-order valence-corrected chi connectivity index (χ1v) is 23.7. The average molecular weight is 1060 g/mol. The lowest BCUT2D eigenvalue weighted by Gasteiger charge is -2.12. The van der Waals surface area contributed by atoms with Gasteiger partial charge in [-0.2, -0.15) is 0 Å². The maximum atomic E-state index is 13.2. The molecule has 71 heavy (non-hydrogen) atoms. The van der Waals surface area contributed by atoms with Crippen molar-refractivity contribution in [1.82, 2.24) is 26.6 Å². The third kappa shape index (κ3) is 26.4. The summed E-state index contributed by atoms with van der Waals surface area (Å²) >= 11 is 3.38. The van der Waals surface area contributed by atoms with Crippen LogP contribution in [0.25, 0.3) is 0 Å². The van der Waals surface area contributed by atoms with Crippen molar-refractivity contribution >= 4 is 44.8 Å². The van der Waals surface area contributed by atoms with Gasteiger partial charge in [0.05, 0.1) is 30.2 Å². The van der Waals surface area contributed by atoms with Crippen molar-refractivity contribution in [1.29, 1.82) is 0 Å². The summed E-state index contributed by atoms with van der Waals surface area (Å²) in [6, 6.07) is 29.2. The second-order valence-electron chi connectivity index (χ2n) is 16.5. The highest BCUT2D eigenvalue weighted by Crippen LogP contribution is 2.14. The summed E-state index contributed by atoms with van der Waals surface area (Å²) in [5, 5.41) is 14.5. The lowest BCUT2D eigenvalue weighted by atomic mass is 10.0. The number of nitrogens with one attached hydrogen (secondary N) is 5. The Morgan fingerprint density at radius 1 is 0.380 bits per heavy atom. The van der Waals surface area contributed by atoms with Crippen molar-refractivity contribution in [2.45, 2.75) is 96.9 Å². The molecule has 5 atom stereocenters. The first-order valence-electron chi connectivity index (χ1n) is 22.9. The van der Waals surface area contributed by atoms with E-state index in [4.69, 9.17) is 0 Å². The number of carbonyl (C=O) groups is 5. The molecule has 10 nitrogen and oxygen atoms in total. The number of halogens is 6. The van der Waals surface area contributed by atoms with Crippen LogP contribution in [0, 0.1) is 29.1 Å². The van der Waals surface area contributed by atoms with Crippen LogP contribution in [0.15, 0.2) is 120 Å². The van der Waals surface area contributed by atoms with Gasteiger partial charge in [-0.3, -0.25) is 24.0 Å². The second-order valence-corrected chi connectivity index (χ2v) is 17.4. The van der Waals surface area contributed by atoms with Gasteiger partial charge in [-0.1, -0.05) is 70.5 Å². The van der Waals surface area contributed by atoms with Gasteiger partial charge in [0.2, 0.25) is 0 Å². The number of hydrogen-bond donors (Lipinski definition) is 5. The van der Waals surface area contributed by atoms with Crippen LogP contribution in [0.1, 0.15) is 62.4 Å². The highest BCUT2D eigenvalue weighted by atomic mass is 79.9. The van der Waals surface area contributed by atoms with Gasteiger partial charge in [-0.05, 0) is 184 Å². The third-order valence-electron chi connectivity index (χ3n) is 11.0. The predicted molar refractivity (Wildman–Crippen MR) is 276 cm³/mol. The van der Waals surface area contributed by atoms with Crippen molar-refractivity contribution in [2.24, 2.45) is 0 Å². The molecule has 5 aromatic carbocycles. The standard InChI is InChI=1S/C11H14BrNO.C11H13F2NO.3C11H14FNO/c1-8(14)11(13-2)7-9-3-5-10(12)6-4-9;1-7(15)11(14-2)5-8-3-9(12)6-10(13)4-8;1-8(14)11(13-2)7-9-3-5-10(12)6-4-9;1-8(14)11(13-2)7-9-4-3-5-10(12)6-9;1-8(14)11(13-2)7-9-5-3-4-6-10(9)12/h3-6,11,13H,7H2,1-2H3;3-4,6,11,14H,5H2,1-2H3;3*3-6,11,13H,7H2,1-2H3/t5*11-/m00000/s1. The lowest BCUT2D eigenvalue weighted by Crippen LogP contribution is -2.34. The van der Waals surface area contributed by atoms with Gasteiger partial charge in [0.25, 0.3) is 0 Å². The highest BCUT2D eigenvalue weighted by Gasteiger charge is 2.16. The number of likely N-dealkylation sites (N-methyl/N-ethyl adjacent to an activating group) is 5. The van der Waals surface area contributed by atoms with Gasteiger partial charge in [0.1, 0.15) is 58.0 Å². The zero-order chi connectivity index (χ0) is 53.6. The summed E-state index contributed by atoms with van der Waals surface area (Å²) in [6.07, 6.45) is 2.58. The van der Waals surface area contributed by atoms with Crippen LogP contribution in [0.3, 0.4) is 0 Å². The molecule has 0 saturated carbocycles. The topological polar surface area (TPSA) is 146 Å². The maximum absolute atomic E-state index is 13.2. The summed E-state index contributed by atoms with van der Waals surface area (Å²) < 4.78 is 65.3. The van der Waals surface area contributed by atoms with Gasteiger partial charge in [-0.15, -0.1) is 0 Å². The van der Waals surface area contributed by atoms with Crippen molar-refractivity contribution in [3.05, 3.63) is 177 Å². The monoisotopic (exact) mass is 1050 g/mol. The molecule has 0 aliphatic carbocycles. The number of Topliss-reactive ketones (excluding diaryl/α,β-unsaturated/α-hetero) is 5. The van der Waals surface area contributed by atoms with Gasteiger partial charge < -0.3 is 26.6 Å². The summed E-state index contributed by atoms with van der Waals surface area (Å²) in [4.78, 5) is 55.6. The van der Waals surface area contributed by atoms with E-state index < -0.39 is 17.7 Å².